The summed E-state index contributed by atoms with van der Waals surface area (Å²) in [5.41, 5.74) is 2.02. The van der Waals surface area contributed by atoms with Gasteiger partial charge in [-0.2, -0.15) is 0 Å². The summed E-state index contributed by atoms with van der Waals surface area (Å²) in [6.07, 6.45) is -2.80. The molecule has 4 rings (SSSR count). The van der Waals surface area contributed by atoms with Gasteiger partial charge in [-0.3, -0.25) is 20.1 Å². The van der Waals surface area contributed by atoms with Crippen LogP contribution in [-0.4, -0.2) is 67.5 Å². The summed E-state index contributed by atoms with van der Waals surface area (Å²) in [6.45, 7) is 0.355. The van der Waals surface area contributed by atoms with Crippen LogP contribution >= 0.6 is 0 Å². The quantitative estimate of drug-likeness (QED) is 0.347. The van der Waals surface area contributed by atoms with E-state index in [1.165, 1.54) is 17.0 Å². The molecule has 210 valence electrons. The number of amides is 2. The summed E-state index contributed by atoms with van der Waals surface area (Å²) < 4.78 is 68.0. The monoisotopic (exact) mass is 567 g/mol. The van der Waals surface area contributed by atoms with Crippen molar-refractivity contribution in [2.24, 2.45) is 5.41 Å². The molecule has 1 fully saturated rings. The molecule has 2 aliphatic heterocycles. The Bertz CT molecular complexity index is 1320. The molecule has 0 saturated carbocycles. The maximum absolute atomic E-state index is 13.5. The number of nitrogens with zero attached hydrogens (tertiary/aromatic N) is 1. The first-order valence-corrected chi connectivity index (χ1v) is 13.9. The average Bonchev–Trinajstić information content (AvgIpc) is 2.92. The summed E-state index contributed by atoms with van der Waals surface area (Å²) in [6, 6.07) is 13.8. The van der Waals surface area contributed by atoms with Gasteiger partial charge < -0.3 is 9.64 Å². The van der Waals surface area contributed by atoms with Crippen molar-refractivity contribution >= 4 is 27.2 Å². The minimum absolute atomic E-state index is 0.00976. The van der Waals surface area contributed by atoms with Gasteiger partial charge in [-0.05, 0) is 48.2 Å². The molecule has 0 bridgehead atoms. The molecule has 1 atom stereocenters. The fourth-order valence-corrected chi connectivity index (χ4v) is 7.15. The van der Waals surface area contributed by atoms with Crippen molar-refractivity contribution in [3.05, 3.63) is 71.8 Å². The first kappa shape index (κ1) is 28.6. The van der Waals surface area contributed by atoms with Crippen LogP contribution in [0, 0.1) is 5.41 Å². The maximum Gasteiger partial charge on any atom is 0.573 e. The molecule has 13 heteroatoms. The normalized spacial score (nSPS) is 19.6. The Morgan fingerprint density at radius 1 is 1.08 bits per heavy atom. The Hall–Kier alpha value is -3.42. The van der Waals surface area contributed by atoms with E-state index < -0.39 is 50.3 Å². The van der Waals surface area contributed by atoms with Crippen molar-refractivity contribution in [2.45, 2.75) is 31.0 Å². The van der Waals surface area contributed by atoms with Crippen molar-refractivity contribution in [1.29, 1.82) is 0 Å². The number of hydroxylamine groups is 1. The number of piperidine rings is 1. The molecule has 0 aromatic heterocycles. The van der Waals surface area contributed by atoms with Gasteiger partial charge >= 0.3 is 6.36 Å². The number of halogens is 3. The molecular formula is C26H28F3N3O6S. The van der Waals surface area contributed by atoms with Crippen LogP contribution in [0.5, 0.6) is 5.75 Å². The zero-order valence-electron chi connectivity index (χ0n) is 20.8. The van der Waals surface area contributed by atoms with Crippen LogP contribution in [0.3, 0.4) is 0 Å². The van der Waals surface area contributed by atoms with E-state index in [0.29, 0.717) is 6.54 Å². The number of rotatable bonds is 7. The number of benzene rings is 2. The Morgan fingerprint density at radius 3 is 2.31 bits per heavy atom. The van der Waals surface area contributed by atoms with Crippen LogP contribution in [0.2, 0.25) is 0 Å². The summed E-state index contributed by atoms with van der Waals surface area (Å²) >= 11 is 0. The highest BCUT2D eigenvalue weighted by atomic mass is 32.2. The molecule has 0 spiro atoms. The van der Waals surface area contributed by atoms with E-state index in [-0.39, 0.29) is 37.9 Å². The van der Waals surface area contributed by atoms with Gasteiger partial charge in [0.1, 0.15) is 11.1 Å². The number of sulfone groups is 1. The lowest BCUT2D eigenvalue weighted by atomic mass is 9.79. The second kappa shape index (κ2) is 11.4. The lowest BCUT2D eigenvalue weighted by molar-refractivity contribution is -0.274. The Morgan fingerprint density at radius 2 is 1.72 bits per heavy atom. The molecule has 1 saturated heterocycles. The van der Waals surface area contributed by atoms with Gasteiger partial charge in [0.15, 0.2) is 9.84 Å². The third kappa shape index (κ3) is 6.78. The molecule has 0 radical (unpaired) electrons. The second-order valence-corrected chi connectivity index (χ2v) is 11.8. The molecule has 39 heavy (non-hydrogen) atoms. The van der Waals surface area contributed by atoms with Crippen molar-refractivity contribution < 1.29 is 41.1 Å². The van der Waals surface area contributed by atoms with Crippen LogP contribution in [0.15, 0.2) is 60.7 Å². The Kier molecular flexibility index (Phi) is 8.33. The van der Waals surface area contributed by atoms with Crippen LogP contribution in [0.4, 0.5) is 13.2 Å². The Labute approximate surface area is 223 Å². The lowest BCUT2D eigenvalue weighted by Crippen LogP contribution is -2.54. The first-order chi connectivity index (χ1) is 18.4. The van der Waals surface area contributed by atoms with Gasteiger partial charge in [0.25, 0.3) is 11.8 Å². The Balaban J connectivity index is 1.44. The minimum Gasteiger partial charge on any atom is -0.406 e. The summed E-state index contributed by atoms with van der Waals surface area (Å²) in [7, 11) is -3.88. The number of likely N-dealkylation sites (tertiary alicyclic amines) is 1. The molecule has 9 nitrogen and oxygen atoms in total. The fraction of sp³-hybridized carbons (Fsp3) is 0.385. The van der Waals surface area contributed by atoms with Crippen molar-refractivity contribution in [3.8, 4) is 5.75 Å². The van der Waals surface area contributed by atoms with Gasteiger partial charge in [-0.25, -0.2) is 13.9 Å². The molecular weight excluding hydrogens is 539 g/mol. The number of carbonyl (C=O) groups is 2. The predicted molar refractivity (Wildman–Crippen MR) is 135 cm³/mol. The standard InChI is InChI=1S/C26H28F3N3O6S/c27-26(28,29)38-21-8-6-19(7-9-21)23(33)32-14-11-25(12-15-32,24(34)31-35)17-39(36,37)22-16-20(10-13-30-22)18-4-2-1-3-5-18/h1-10,22,30,35H,11-17H2,(H,31,34). The van der Waals surface area contributed by atoms with E-state index in [1.54, 1.807) is 5.48 Å². The van der Waals surface area contributed by atoms with Gasteiger partial charge in [0.2, 0.25) is 0 Å². The smallest absolute Gasteiger partial charge is 0.406 e. The summed E-state index contributed by atoms with van der Waals surface area (Å²) in [5.74, 6) is -2.33. The lowest BCUT2D eigenvalue weighted by Gasteiger charge is -2.40. The van der Waals surface area contributed by atoms with E-state index in [2.05, 4.69) is 10.1 Å². The highest BCUT2D eigenvalue weighted by molar-refractivity contribution is 7.92. The van der Waals surface area contributed by atoms with Crippen LogP contribution in [-0.2, 0) is 14.6 Å². The fourth-order valence-electron chi connectivity index (χ4n) is 4.97. The van der Waals surface area contributed by atoms with Crippen LogP contribution < -0.4 is 15.5 Å². The maximum atomic E-state index is 13.5. The zero-order chi connectivity index (χ0) is 28.3. The highest BCUT2D eigenvalue weighted by Gasteiger charge is 2.47. The van der Waals surface area contributed by atoms with Crippen LogP contribution in [0.25, 0.3) is 5.57 Å². The van der Waals surface area contributed by atoms with E-state index in [4.69, 9.17) is 0 Å². The molecule has 2 aromatic rings. The summed E-state index contributed by atoms with van der Waals surface area (Å²) in [5, 5.41) is 11.5. The highest BCUT2D eigenvalue weighted by Crippen LogP contribution is 2.36. The van der Waals surface area contributed by atoms with E-state index >= 15 is 0 Å². The molecule has 2 amide bonds. The number of carbonyl (C=O) groups excluding carboxylic acids is 2. The van der Waals surface area contributed by atoms with Crippen molar-refractivity contribution in [1.82, 2.24) is 15.7 Å². The molecule has 3 N–H and O–H groups in total. The zero-order valence-corrected chi connectivity index (χ0v) is 21.6. The van der Waals surface area contributed by atoms with Crippen molar-refractivity contribution in [2.75, 3.05) is 25.4 Å². The second-order valence-electron chi connectivity index (χ2n) is 9.59. The van der Waals surface area contributed by atoms with E-state index in [9.17, 15) is 36.4 Å². The molecule has 2 aliphatic rings. The molecule has 0 aliphatic carbocycles. The molecule has 1 unspecified atom stereocenters. The average molecular weight is 568 g/mol. The van der Waals surface area contributed by atoms with Gasteiger partial charge in [-0.15, -0.1) is 13.2 Å². The van der Waals surface area contributed by atoms with E-state index in [0.717, 1.165) is 23.3 Å². The third-order valence-electron chi connectivity index (χ3n) is 7.08. The number of ether oxygens (including phenoxy) is 1. The predicted octanol–water partition coefficient (Wildman–Crippen LogP) is 3.13. The topological polar surface area (TPSA) is 125 Å². The largest absolute Gasteiger partial charge is 0.573 e. The number of alkyl halides is 3. The summed E-state index contributed by atoms with van der Waals surface area (Å²) in [4.78, 5) is 27.1. The SMILES string of the molecule is O=C(c1ccc(OC(F)(F)F)cc1)N1CCC(CS(=O)(=O)C2CC(c3ccccc3)=CCN2)(C(=O)NO)CC1. The van der Waals surface area contributed by atoms with E-state index in [1.807, 2.05) is 36.4 Å². The van der Waals surface area contributed by atoms with Crippen LogP contribution in [0.1, 0.15) is 35.2 Å². The number of hydrogen-bond donors (Lipinski definition) is 3. The molecule has 2 aromatic carbocycles. The third-order valence-corrected chi connectivity index (χ3v) is 9.24. The van der Waals surface area contributed by atoms with Gasteiger partial charge in [0, 0.05) is 31.6 Å². The van der Waals surface area contributed by atoms with Crippen molar-refractivity contribution in [3.63, 3.8) is 0 Å². The van der Waals surface area contributed by atoms with Gasteiger partial charge in [0.05, 0.1) is 11.2 Å². The minimum atomic E-state index is -4.86. The first-order valence-electron chi connectivity index (χ1n) is 12.2. The molecule has 2 heterocycles. The number of hydrogen-bond acceptors (Lipinski definition) is 7. The number of nitrogens with one attached hydrogen (secondary N) is 2. The van der Waals surface area contributed by atoms with Gasteiger partial charge in [-0.1, -0.05) is 36.4 Å².